The highest BCUT2D eigenvalue weighted by molar-refractivity contribution is 6.30. The first-order chi connectivity index (χ1) is 15.5. The fourth-order valence-electron chi connectivity index (χ4n) is 4.15. The summed E-state index contributed by atoms with van der Waals surface area (Å²) >= 11 is 6.02. The van der Waals surface area contributed by atoms with Gasteiger partial charge in [0.15, 0.2) is 0 Å². The van der Waals surface area contributed by atoms with Gasteiger partial charge in [-0.05, 0) is 54.3 Å². The molecule has 1 aliphatic rings. The largest absolute Gasteiger partial charge is 0.383 e. The van der Waals surface area contributed by atoms with Crippen molar-refractivity contribution in [1.29, 1.82) is 0 Å². The van der Waals surface area contributed by atoms with Crippen LogP contribution < -0.4 is 16.0 Å². The molecule has 1 atom stereocenters. The Labute approximate surface area is 194 Å². The zero-order valence-corrected chi connectivity index (χ0v) is 19.0. The second-order valence-corrected chi connectivity index (χ2v) is 8.83. The molecule has 0 aliphatic heterocycles. The van der Waals surface area contributed by atoms with Crippen molar-refractivity contribution in [3.05, 3.63) is 64.9 Å². The molecule has 3 N–H and O–H groups in total. The Kier molecular flexibility index (Phi) is 9.35. The average Bonchev–Trinajstić information content (AvgIpc) is 2.78. The maximum absolute atomic E-state index is 13.0. The van der Waals surface area contributed by atoms with E-state index in [1.165, 1.54) is 31.4 Å². The third-order valence-corrected chi connectivity index (χ3v) is 6.03. The molecule has 0 heterocycles. The first-order valence-corrected chi connectivity index (χ1v) is 11.7. The summed E-state index contributed by atoms with van der Waals surface area (Å²) in [5, 5.41) is 9.59. The van der Waals surface area contributed by atoms with Crippen LogP contribution in [0.3, 0.4) is 0 Å². The second-order valence-electron chi connectivity index (χ2n) is 8.39. The fraction of sp³-hybridized carbons (Fsp3) is 0.440. The van der Waals surface area contributed by atoms with Gasteiger partial charge in [0.2, 0.25) is 11.8 Å². The van der Waals surface area contributed by atoms with Crippen molar-refractivity contribution in [1.82, 2.24) is 10.6 Å². The summed E-state index contributed by atoms with van der Waals surface area (Å²) in [6.07, 6.45) is 6.62. The van der Waals surface area contributed by atoms with Crippen LogP contribution in [0, 0.1) is 11.7 Å². The number of carbonyl (C=O) groups excluding carboxylic acids is 2. The van der Waals surface area contributed by atoms with Crippen LogP contribution in [-0.4, -0.2) is 30.9 Å². The summed E-state index contributed by atoms with van der Waals surface area (Å²) in [6.45, 7) is 0.908. The van der Waals surface area contributed by atoms with Gasteiger partial charge in [-0.2, -0.15) is 0 Å². The van der Waals surface area contributed by atoms with Gasteiger partial charge in [-0.25, -0.2) is 4.39 Å². The summed E-state index contributed by atoms with van der Waals surface area (Å²) in [6, 6.07) is 12.7. The minimum atomic E-state index is -0.560. The lowest BCUT2D eigenvalue weighted by atomic mass is 9.84. The molecule has 1 saturated carbocycles. The quantitative estimate of drug-likeness (QED) is 0.451. The number of carbonyl (C=O) groups is 2. The molecular weight excluding hydrogens is 429 g/mol. The molecular formula is C25H31ClFN3O2. The molecule has 172 valence electrons. The molecule has 32 heavy (non-hydrogen) atoms. The molecule has 7 heteroatoms. The van der Waals surface area contributed by atoms with Gasteiger partial charge in [0.1, 0.15) is 11.9 Å². The molecule has 1 aliphatic carbocycles. The third kappa shape index (κ3) is 8.15. The topological polar surface area (TPSA) is 70.2 Å². The first-order valence-electron chi connectivity index (χ1n) is 11.3. The van der Waals surface area contributed by atoms with Crippen LogP contribution >= 0.6 is 11.6 Å². The van der Waals surface area contributed by atoms with Crippen LogP contribution in [0.1, 0.15) is 44.1 Å². The summed E-state index contributed by atoms with van der Waals surface area (Å²) < 4.78 is 13.0. The SMILES string of the molecule is O=C(Cc1cccc(Cl)c1)N[C@@H](CC1CCCCC1)C(=O)NCCNc1ccc(F)cc1. The third-order valence-electron chi connectivity index (χ3n) is 5.80. The van der Waals surface area contributed by atoms with E-state index in [0.717, 1.165) is 24.1 Å². The molecule has 0 bridgehead atoms. The van der Waals surface area contributed by atoms with Crippen molar-refractivity contribution >= 4 is 29.1 Å². The van der Waals surface area contributed by atoms with Crippen molar-refractivity contribution in [2.45, 2.75) is 51.0 Å². The van der Waals surface area contributed by atoms with Gasteiger partial charge in [-0.1, -0.05) is 55.8 Å². The van der Waals surface area contributed by atoms with E-state index in [0.29, 0.717) is 30.5 Å². The molecule has 1 fully saturated rings. The van der Waals surface area contributed by atoms with Crippen LogP contribution in [0.15, 0.2) is 48.5 Å². The highest BCUT2D eigenvalue weighted by Crippen LogP contribution is 2.27. The lowest BCUT2D eigenvalue weighted by Gasteiger charge is -2.26. The number of hydrogen-bond donors (Lipinski definition) is 3. The molecule has 0 aromatic heterocycles. The monoisotopic (exact) mass is 459 g/mol. The molecule has 0 radical (unpaired) electrons. The zero-order valence-electron chi connectivity index (χ0n) is 18.2. The first kappa shape index (κ1) is 24.1. The molecule has 0 unspecified atom stereocenters. The van der Waals surface area contributed by atoms with Crippen LogP contribution in [0.25, 0.3) is 0 Å². The number of halogens is 2. The Morgan fingerprint density at radius 2 is 1.78 bits per heavy atom. The van der Waals surface area contributed by atoms with E-state index in [-0.39, 0.29) is 24.1 Å². The molecule has 3 rings (SSSR count). The van der Waals surface area contributed by atoms with Crippen LogP contribution in [-0.2, 0) is 16.0 Å². The van der Waals surface area contributed by atoms with Gasteiger partial charge >= 0.3 is 0 Å². The Morgan fingerprint density at radius 3 is 2.50 bits per heavy atom. The van der Waals surface area contributed by atoms with Crippen molar-refractivity contribution in [3.63, 3.8) is 0 Å². The second kappa shape index (κ2) is 12.4. The molecule has 0 saturated heterocycles. The van der Waals surface area contributed by atoms with Crippen molar-refractivity contribution in [3.8, 4) is 0 Å². The molecule has 2 aromatic rings. The predicted octanol–water partition coefficient (Wildman–Crippen LogP) is 4.71. The number of rotatable bonds is 10. The normalized spacial score (nSPS) is 15.1. The van der Waals surface area contributed by atoms with Gasteiger partial charge < -0.3 is 16.0 Å². The standard InChI is InChI=1S/C25H31ClFN3O2/c26-20-8-4-7-19(15-20)17-24(31)30-23(16-18-5-2-1-3-6-18)25(32)29-14-13-28-22-11-9-21(27)10-12-22/h4,7-12,15,18,23,28H,1-3,5-6,13-14,16-17H2,(H,29,32)(H,30,31)/t23-/m0/s1. The average molecular weight is 460 g/mol. The maximum Gasteiger partial charge on any atom is 0.242 e. The lowest BCUT2D eigenvalue weighted by Crippen LogP contribution is -2.49. The van der Waals surface area contributed by atoms with E-state index in [1.807, 2.05) is 12.1 Å². The minimum Gasteiger partial charge on any atom is -0.383 e. The summed E-state index contributed by atoms with van der Waals surface area (Å²) in [7, 11) is 0. The van der Waals surface area contributed by atoms with E-state index < -0.39 is 6.04 Å². The Balaban J connectivity index is 1.52. The Bertz CT molecular complexity index is 885. The maximum atomic E-state index is 13.0. The molecule has 0 spiro atoms. The van der Waals surface area contributed by atoms with Crippen LogP contribution in [0.5, 0.6) is 0 Å². The molecule has 2 aromatic carbocycles. The lowest BCUT2D eigenvalue weighted by molar-refractivity contribution is -0.129. The molecule has 2 amide bonds. The number of anilines is 1. The smallest absolute Gasteiger partial charge is 0.242 e. The van der Waals surface area contributed by atoms with Gasteiger partial charge in [0, 0.05) is 23.8 Å². The summed E-state index contributed by atoms with van der Waals surface area (Å²) in [5.41, 5.74) is 1.60. The number of benzene rings is 2. The van der Waals surface area contributed by atoms with E-state index in [4.69, 9.17) is 11.6 Å². The van der Waals surface area contributed by atoms with Crippen molar-refractivity contribution in [2.24, 2.45) is 5.92 Å². The number of amides is 2. The van der Waals surface area contributed by atoms with E-state index in [9.17, 15) is 14.0 Å². The van der Waals surface area contributed by atoms with Crippen LogP contribution in [0.2, 0.25) is 5.02 Å². The minimum absolute atomic E-state index is 0.170. The van der Waals surface area contributed by atoms with Gasteiger partial charge in [-0.3, -0.25) is 9.59 Å². The van der Waals surface area contributed by atoms with Gasteiger partial charge in [0.25, 0.3) is 0 Å². The van der Waals surface area contributed by atoms with E-state index >= 15 is 0 Å². The van der Waals surface area contributed by atoms with E-state index in [1.54, 1.807) is 24.3 Å². The predicted molar refractivity (Wildman–Crippen MR) is 126 cm³/mol. The van der Waals surface area contributed by atoms with Gasteiger partial charge in [-0.15, -0.1) is 0 Å². The highest BCUT2D eigenvalue weighted by Gasteiger charge is 2.25. The van der Waals surface area contributed by atoms with E-state index in [2.05, 4.69) is 16.0 Å². The number of nitrogens with one attached hydrogen (secondary N) is 3. The van der Waals surface area contributed by atoms with Crippen molar-refractivity contribution in [2.75, 3.05) is 18.4 Å². The fourth-order valence-corrected chi connectivity index (χ4v) is 4.36. The van der Waals surface area contributed by atoms with Gasteiger partial charge in [0.05, 0.1) is 6.42 Å². The summed E-state index contributed by atoms with van der Waals surface area (Å²) in [5.74, 6) is -0.199. The molecule has 5 nitrogen and oxygen atoms in total. The van der Waals surface area contributed by atoms with Crippen LogP contribution in [0.4, 0.5) is 10.1 Å². The number of hydrogen-bond acceptors (Lipinski definition) is 3. The Morgan fingerprint density at radius 1 is 1.03 bits per heavy atom. The zero-order chi connectivity index (χ0) is 22.8. The van der Waals surface area contributed by atoms with Crippen molar-refractivity contribution < 1.29 is 14.0 Å². The summed E-state index contributed by atoms with van der Waals surface area (Å²) in [4.78, 5) is 25.5. The highest BCUT2D eigenvalue weighted by atomic mass is 35.5. The Hall–Kier alpha value is -2.60.